The Morgan fingerprint density at radius 1 is 1.33 bits per heavy atom. The van der Waals surface area contributed by atoms with Crippen LogP contribution in [0.25, 0.3) is 0 Å². The number of furan rings is 1. The van der Waals surface area contributed by atoms with Gasteiger partial charge in [0.25, 0.3) is 0 Å². The first kappa shape index (κ1) is 12.8. The molecule has 2 aromatic heterocycles. The third-order valence-corrected chi connectivity index (χ3v) is 2.66. The van der Waals surface area contributed by atoms with Crippen LogP contribution < -0.4 is 5.32 Å². The molecule has 2 rings (SSSR count). The molecule has 0 saturated carbocycles. The van der Waals surface area contributed by atoms with Crippen molar-refractivity contribution < 1.29 is 9.15 Å². The van der Waals surface area contributed by atoms with E-state index in [0.29, 0.717) is 13.2 Å². The Kier molecular flexibility index (Phi) is 4.93. The predicted molar refractivity (Wildman–Crippen MR) is 69.1 cm³/mol. The van der Waals surface area contributed by atoms with Gasteiger partial charge in [-0.05, 0) is 25.2 Å². The van der Waals surface area contributed by atoms with Gasteiger partial charge in [0, 0.05) is 23.9 Å². The quantitative estimate of drug-likeness (QED) is 0.760. The largest absolute Gasteiger partial charge is 0.468 e. The Bertz CT molecular complexity index is 454. The maximum Gasteiger partial charge on any atom is 0.123 e. The van der Waals surface area contributed by atoms with E-state index in [2.05, 4.69) is 10.3 Å². The SMILES string of the molecule is CNCc1occc1COCCc1ccccn1. The van der Waals surface area contributed by atoms with Gasteiger partial charge >= 0.3 is 0 Å². The highest BCUT2D eigenvalue weighted by Gasteiger charge is 2.05. The molecule has 2 aromatic rings. The fourth-order valence-corrected chi connectivity index (χ4v) is 1.72. The summed E-state index contributed by atoms with van der Waals surface area (Å²) in [4.78, 5) is 4.25. The Morgan fingerprint density at radius 3 is 3.06 bits per heavy atom. The molecule has 0 aliphatic heterocycles. The Hall–Kier alpha value is -1.65. The van der Waals surface area contributed by atoms with Crippen molar-refractivity contribution in [2.24, 2.45) is 0 Å². The molecule has 0 saturated heterocycles. The highest BCUT2D eigenvalue weighted by molar-refractivity contribution is 5.15. The molecular formula is C14H18N2O2. The van der Waals surface area contributed by atoms with Gasteiger partial charge < -0.3 is 14.5 Å². The van der Waals surface area contributed by atoms with E-state index in [9.17, 15) is 0 Å². The number of aromatic nitrogens is 1. The van der Waals surface area contributed by atoms with E-state index < -0.39 is 0 Å². The summed E-state index contributed by atoms with van der Waals surface area (Å²) in [5.41, 5.74) is 2.16. The first-order valence-corrected chi connectivity index (χ1v) is 6.07. The number of rotatable bonds is 7. The highest BCUT2D eigenvalue weighted by Crippen LogP contribution is 2.11. The summed E-state index contributed by atoms with van der Waals surface area (Å²) in [5.74, 6) is 0.940. The van der Waals surface area contributed by atoms with Gasteiger partial charge in [-0.15, -0.1) is 0 Å². The molecule has 0 unspecified atom stereocenters. The fraction of sp³-hybridized carbons (Fsp3) is 0.357. The monoisotopic (exact) mass is 246 g/mol. The minimum absolute atomic E-state index is 0.584. The zero-order valence-corrected chi connectivity index (χ0v) is 10.6. The minimum Gasteiger partial charge on any atom is -0.468 e. The van der Waals surface area contributed by atoms with Crippen molar-refractivity contribution in [2.45, 2.75) is 19.6 Å². The van der Waals surface area contributed by atoms with Crippen molar-refractivity contribution in [1.82, 2.24) is 10.3 Å². The summed E-state index contributed by atoms with van der Waals surface area (Å²) in [5, 5.41) is 3.07. The van der Waals surface area contributed by atoms with E-state index in [1.54, 1.807) is 12.5 Å². The van der Waals surface area contributed by atoms with Crippen LogP contribution in [0.2, 0.25) is 0 Å². The second-order valence-electron chi connectivity index (χ2n) is 4.02. The van der Waals surface area contributed by atoms with Crippen molar-refractivity contribution in [2.75, 3.05) is 13.7 Å². The maximum atomic E-state index is 5.64. The lowest BCUT2D eigenvalue weighted by Gasteiger charge is -2.04. The third kappa shape index (κ3) is 3.68. The topological polar surface area (TPSA) is 47.3 Å². The Morgan fingerprint density at radius 2 is 2.28 bits per heavy atom. The van der Waals surface area contributed by atoms with Gasteiger partial charge in [-0.3, -0.25) is 4.98 Å². The standard InChI is InChI=1S/C14H18N2O2/c1-15-10-14-12(5-9-18-14)11-17-8-6-13-4-2-3-7-16-13/h2-5,7,9,15H,6,8,10-11H2,1H3. The molecular weight excluding hydrogens is 228 g/mol. The minimum atomic E-state index is 0.584. The molecule has 0 aliphatic rings. The number of pyridine rings is 1. The maximum absolute atomic E-state index is 5.64. The molecule has 0 amide bonds. The molecule has 0 atom stereocenters. The normalized spacial score (nSPS) is 10.7. The molecule has 18 heavy (non-hydrogen) atoms. The molecule has 4 heteroatoms. The molecule has 4 nitrogen and oxygen atoms in total. The molecule has 0 spiro atoms. The van der Waals surface area contributed by atoms with E-state index >= 15 is 0 Å². The first-order valence-electron chi connectivity index (χ1n) is 6.07. The van der Waals surface area contributed by atoms with Crippen LogP contribution in [0.15, 0.2) is 41.1 Å². The summed E-state index contributed by atoms with van der Waals surface area (Å²) in [7, 11) is 1.90. The lowest BCUT2D eigenvalue weighted by Crippen LogP contribution is -2.07. The average Bonchev–Trinajstić information content (AvgIpc) is 2.84. The molecule has 0 bridgehead atoms. The number of nitrogens with zero attached hydrogens (tertiary/aromatic N) is 1. The smallest absolute Gasteiger partial charge is 0.123 e. The van der Waals surface area contributed by atoms with Crippen LogP contribution in [0.5, 0.6) is 0 Å². The first-order chi connectivity index (χ1) is 8.90. The molecule has 2 heterocycles. The number of nitrogens with one attached hydrogen (secondary N) is 1. The van der Waals surface area contributed by atoms with Gasteiger partial charge in [0.1, 0.15) is 5.76 Å². The summed E-state index contributed by atoms with van der Waals surface area (Å²) < 4.78 is 11.0. The van der Waals surface area contributed by atoms with Crippen LogP contribution in [0.1, 0.15) is 17.0 Å². The summed E-state index contributed by atoms with van der Waals surface area (Å²) in [6.45, 7) is 1.98. The fourth-order valence-electron chi connectivity index (χ4n) is 1.72. The molecule has 0 fully saturated rings. The van der Waals surface area contributed by atoms with Crippen molar-refractivity contribution >= 4 is 0 Å². The van der Waals surface area contributed by atoms with E-state index in [1.165, 1.54) is 0 Å². The van der Waals surface area contributed by atoms with Crippen LogP contribution in [0, 0.1) is 0 Å². The number of hydrogen-bond acceptors (Lipinski definition) is 4. The van der Waals surface area contributed by atoms with Crippen LogP contribution in [0.4, 0.5) is 0 Å². The lowest BCUT2D eigenvalue weighted by molar-refractivity contribution is 0.122. The van der Waals surface area contributed by atoms with Crippen LogP contribution in [0.3, 0.4) is 0 Å². The molecule has 96 valence electrons. The van der Waals surface area contributed by atoms with Crippen LogP contribution >= 0.6 is 0 Å². The average molecular weight is 246 g/mol. The van der Waals surface area contributed by atoms with Gasteiger partial charge in [-0.1, -0.05) is 6.07 Å². The Labute approximate surface area is 107 Å². The molecule has 0 radical (unpaired) electrons. The van der Waals surface area contributed by atoms with E-state index in [4.69, 9.17) is 9.15 Å². The van der Waals surface area contributed by atoms with Crippen molar-refractivity contribution in [3.63, 3.8) is 0 Å². The third-order valence-electron chi connectivity index (χ3n) is 2.66. The van der Waals surface area contributed by atoms with E-state index in [-0.39, 0.29) is 0 Å². The zero-order valence-electron chi connectivity index (χ0n) is 10.6. The van der Waals surface area contributed by atoms with Gasteiger partial charge in [-0.2, -0.15) is 0 Å². The molecule has 0 aromatic carbocycles. The highest BCUT2D eigenvalue weighted by atomic mass is 16.5. The summed E-state index contributed by atoms with van der Waals surface area (Å²) >= 11 is 0. The van der Waals surface area contributed by atoms with Crippen LogP contribution in [-0.2, 0) is 24.3 Å². The van der Waals surface area contributed by atoms with Crippen molar-refractivity contribution in [1.29, 1.82) is 0 Å². The Balaban J connectivity index is 1.73. The lowest BCUT2D eigenvalue weighted by atomic mass is 10.2. The second-order valence-corrected chi connectivity index (χ2v) is 4.02. The van der Waals surface area contributed by atoms with Gasteiger partial charge in [0.2, 0.25) is 0 Å². The van der Waals surface area contributed by atoms with Crippen molar-refractivity contribution in [3.8, 4) is 0 Å². The van der Waals surface area contributed by atoms with Crippen LogP contribution in [-0.4, -0.2) is 18.6 Å². The molecule has 0 aliphatic carbocycles. The summed E-state index contributed by atoms with van der Waals surface area (Å²) in [6.07, 6.45) is 4.33. The van der Waals surface area contributed by atoms with E-state index in [0.717, 1.165) is 30.0 Å². The number of hydrogen-bond donors (Lipinski definition) is 1. The molecule has 1 N–H and O–H groups in total. The summed E-state index contributed by atoms with van der Waals surface area (Å²) in [6, 6.07) is 7.87. The number of ether oxygens (including phenoxy) is 1. The van der Waals surface area contributed by atoms with Crippen molar-refractivity contribution in [3.05, 3.63) is 53.7 Å². The van der Waals surface area contributed by atoms with Gasteiger partial charge in [-0.25, -0.2) is 0 Å². The second kappa shape index (κ2) is 6.93. The van der Waals surface area contributed by atoms with Gasteiger partial charge in [0.15, 0.2) is 0 Å². The van der Waals surface area contributed by atoms with Gasteiger partial charge in [0.05, 0.1) is 26.0 Å². The predicted octanol–water partition coefficient (Wildman–Crippen LogP) is 2.15. The zero-order chi connectivity index (χ0) is 12.6. The van der Waals surface area contributed by atoms with E-state index in [1.807, 2.05) is 31.3 Å².